The van der Waals surface area contributed by atoms with Crippen LogP contribution in [-0.4, -0.2) is 14.8 Å². The van der Waals surface area contributed by atoms with Gasteiger partial charge in [0, 0.05) is 12.1 Å². The van der Waals surface area contributed by atoms with Gasteiger partial charge in [0.05, 0.1) is 5.88 Å². The smallest absolute Gasteiger partial charge is 0.164 e. The lowest BCUT2D eigenvalue weighted by Gasteiger charge is -2.10. The van der Waals surface area contributed by atoms with Crippen LogP contribution in [0.15, 0.2) is 18.2 Å². The van der Waals surface area contributed by atoms with Gasteiger partial charge in [0.1, 0.15) is 5.82 Å². The summed E-state index contributed by atoms with van der Waals surface area (Å²) < 4.78 is 2.06. The van der Waals surface area contributed by atoms with E-state index in [0.29, 0.717) is 5.88 Å². The van der Waals surface area contributed by atoms with E-state index in [1.807, 2.05) is 6.07 Å². The van der Waals surface area contributed by atoms with Crippen molar-refractivity contribution in [3.8, 4) is 11.4 Å². The van der Waals surface area contributed by atoms with Gasteiger partial charge in [-0.25, -0.2) is 0 Å². The molecule has 0 saturated carbocycles. The molecule has 1 aromatic heterocycles. The molecule has 1 heterocycles. The Bertz CT molecular complexity index is 531. The molecule has 0 bridgehead atoms. The molecule has 2 rings (SSSR count). The summed E-state index contributed by atoms with van der Waals surface area (Å²) in [5.41, 5.74) is 3.65. The summed E-state index contributed by atoms with van der Waals surface area (Å²) in [6, 6.07) is 6.23. The molecule has 0 radical (unpaired) electrons. The number of nitrogens with zero attached hydrogens (tertiary/aromatic N) is 3. The second kappa shape index (κ2) is 4.88. The largest absolute Gasteiger partial charge is 0.310 e. The molecule has 0 unspecified atom stereocenters. The van der Waals surface area contributed by atoms with E-state index in [0.717, 1.165) is 23.8 Å². The van der Waals surface area contributed by atoms with E-state index in [1.54, 1.807) is 0 Å². The standard InChI is InChI=1S/C13H16ClN3/c1-4-17-12(8-14)15-16-13(17)11-7-5-6-9(2)10(11)3/h5-7H,4,8H2,1-3H3. The van der Waals surface area contributed by atoms with E-state index in [4.69, 9.17) is 11.6 Å². The minimum Gasteiger partial charge on any atom is -0.310 e. The maximum Gasteiger partial charge on any atom is 0.164 e. The number of hydrogen-bond donors (Lipinski definition) is 0. The summed E-state index contributed by atoms with van der Waals surface area (Å²) in [4.78, 5) is 0. The Kier molecular flexibility index (Phi) is 3.48. The van der Waals surface area contributed by atoms with E-state index in [1.165, 1.54) is 11.1 Å². The van der Waals surface area contributed by atoms with Gasteiger partial charge >= 0.3 is 0 Å². The molecule has 0 atom stereocenters. The lowest BCUT2D eigenvalue weighted by Crippen LogP contribution is -2.03. The van der Waals surface area contributed by atoms with Crippen LogP contribution in [-0.2, 0) is 12.4 Å². The predicted octanol–water partition coefficient (Wildman–Crippen LogP) is 3.32. The van der Waals surface area contributed by atoms with Crippen LogP contribution < -0.4 is 0 Å². The van der Waals surface area contributed by atoms with Crippen molar-refractivity contribution in [1.82, 2.24) is 14.8 Å². The van der Waals surface area contributed by atoms with Crippen LogP contribution in [0.25, 0.3) is 11.4 Å². The van der Waals surface area contributed by atoms with Gasteiger partial charge < -0.3 is 4.57 Å². The third kappa shape index (κ3) is 2.07. The highest BCUT2D eigenvalue weighted by Crippen LogP contribution is 2.24. The summed E-state index contributed by atoms with van der Waals surface area (Å²) in [7, 11) is 0. The molecule has 0 aliphatic carbocycles. The maximum atomic E-state index is 5.86. The Labute approximate surface area is 106 Å². The molecule has 0 spiro atoms. The number of aromatic nitrogens is 3. The van der Waals surface area contributed by atoms with Crippen molar-refractivity contribution in [1.29, 1.82) is 0 Å². The number of rotatable bonds is 3. The van der Waals surface area contributed by atoms with Crippen LogP contribution in [0.3, 0.4) is 0 Å². The van der Waals surface area contributed by atoms with Crippen molar-refractivity contribution in [2.75, 3.05) is 0 Å². The molecule has 0 amide bonds. The molecule has 4 heteroatoms. The monoisotopic (exact) mass is 249 g/mol. The van der Waals surface area contributed by atoms with E-state index in [-0.39, 0.29) is 0 Å². The zero-order chi connectivity index (χ0) is 12.4. The normalized spacial score (nSPS) is 10.8. The highest BCUT2D eigenvalue weighted by Gasteiger charge is 2.13. The van der Waals surface area contributed by atoms with E-state index < -0.39 is 0 Å². The molecule has 0 aliphatic rings. The van der Waals surface area contributed by atoms with Crippen molar-refractivity contribution in [2.45, 2.75) is 33.2 Å². The zero-order valence-electron chi connectivity index (χ0n) is 10.4. The van der Waals surface area contributed by atoms with Crippen LogP contribution >= 0.6 is 11.6 Å². The first-order valence-corrected chi connectivity index (χ1v) is 6.27. The molecule has 1 aromatic carbocycles. The van der Waals surface area contributed by atoms with Crippen molar-refractivity contribution in [2.24, 2.45) is 0 Å². The number of halogens is 1. The Balaban J connectivity index is 2.60. The molecule has 0 aliphatic heterocycles. The van der Waals surface area contributed by atoms with Crippen molar-refractivity contribution in [3.05, 3.63) is 35.2 Å². The van der Waals surface area contributed by atoms with E-state index in [9.17, 15) is 0 Å². The van der Waals surface area contributed by atoms with Crippen LogP contribution in [0.1, 0.15) is 23.9 Å². The first-order chi connectivity index (χ1) is 8.19. The van der Waals surface area contributed by atoms with E-state index in [2.05, 4.69) is 47.7 Å². The predicted molar refractivity (Wildman–Crippen MR) is 70.2 cm³/mol. The number of alkyl halides is 1. The number of aryl methyl sites for hydroxylation is 1. The molecule has 90 valence electrons. The SMILES string of the molecule is CCn1c(CCl)nnc1-c1cccc(C)c1C. The van der Waals surface area contributed by atoms with Crippen molar-refractivity contribution < 1.29 is 0 Å². The summed E-state index contributed by atoms with van der Waals surface area (Å²) in [6.45, 7) is 7.12. The van der Waals surface area contributed by atoms with Gasteiger partial charge in [-0.3, -0.25) is 0 Å². The van der Waals surface area contributed by atoms with Crippen LogP contribution in [0.4, 0.5) is 0 Å². The van der Waals surface area contributed by atoms with Crippen LogP contribution in [0.5, 0.6) is 0 Å². The quantitative estimate of drug-likeness (QED) is 0.782. The topological polar surface area (TPSA) is 30.7 Å². The molecule has 17 heavy (non-hydrogen) atoms. The Morgan fingerprint density at radius 3 is 2.65 bits per heavy atom. The Morgan fingerprint density at radius 2 is 2.00 bits per heavy atom. The summed E-state index contributed by atoms with van der Waals surface area (Å²) in [6.07, 6.45) is 0. The number of benzene rings is 1. The molecule has 3 nitrogen and oxygen atoms in total. The van der Waals surface area contributed by atoms with Gasteiger partial charge in [-0.15, -0.1) is 21.8 Å². The lowest BCUT2D eigenvalue weighted by atomic mass is 10.0. The fourth-order valence-corrected chi connectivity index (χ4v) is 2.16. The Morgan fingerprint density at radius 1 is 1.24 bits per heavy atom. The van der Waals surface area contributed by atoms with Crippen molar-refractivity contribution in [3.63, 3.8) is 0 Å². The highest BCUT2D eigenvalue weighted by atomic mass is 35.5. The van der Waals surface area contributed by atoms with Gasteiger partial charge in [0.2, 0.25) is 0 Å². The van der Waals surface area contributed by atoms with Gasteiger partial charge in [-0.1, -0.05) is 18.2 Å². The second-order valence-corrected chi connectivity index (χ2v) is 4.33. The Hall–Kier alpha value is -1.35. The summed E-state index contributed by atoms with van der Waals surface area (Å²) >= 11 is 5.86. The molecule has 0 N–H and O–H groups in total. The van der Waals surface area contributed by atoms with Crippen LogP contribution in [0, 0.1) is 13.8 Å². The molecular formula is C13H16ClN3. The first-order valence-electron chi connectivity index (χ1n) is 5.73. The average Bonchev–Trinajstić information content (AvgIpc) is 2.75. The summed E-state index contributed by atoms with van der Waals surface area (Å²) in [5.74, 6) is 2.13. The molecule has 2 aromatic rings. The lowest BCUT2D eigenvalue weighted by molar-refractivity contribution is 0.730. The van der Waals surface area contributed by atoms with E-state index >= 15 is 0 Å². The van der Waals surface area contributed by atoms with Gasteiger partial charge in [0.25, 0.3) is 0 Å². The molecule has 0 fully saturated rings. The fourth-order valence-electron chi connectivity index (χ4n) is 1.96. The van der Waals surface area contributed by atoms with Crippen LogP contribution in [0.2, 0.25) is 0 Å². The third-order valence-corrected chi connectivity index (χ3v) is 3.35. The number of hydrogen-bond acceptors (Lipinski definition) is 2. The molecule has 0 saturated heterocycles. The zero-order valence-corrected chi connectivity index (χ0v) is 11.1. The minimum absolute atomic E-state index is 0.395. The maximum absolute atomic E-state index is 5.86. The van der Waals surface area contributed by atoms with Crippen molar-refractivity contribution >= 4 is 11.6 Å². The van der Waals surface area contributed by atoms with Gasteiger partial charge in [-0.2, -0.15) is 0 Å². The first kappa shape index (κ1) is 12.1. The average molecular weight is 250 g/mol. The molecular weight excluding hydrogens is 234 g/mol. The third-order valence-electron chi connectivity index (χ3n) is 3.11. The van der Waals surface area contributed by atoms with Gasteiger partial charge in [-0.05, 0) is 31.9 Å². The fraction of sp³-hybridized carbons (Fsp3) is 0.385. The summed E-state index contributed by atoms with van der Waals surface area (Å²) in [5, 5.41) is 8.39. The minimum atomic E-state index is 0.395. The highest BCUT2D eigenvalue weighted by molar-refractivity contribution is 6.16. The second-order valence-electron chi connectivity index (χ2n) is 4.07. The van der Waals surface area contributed by atoms with Gasteiger partial charge in [0.15, 0.2) is 5.82 Å².